The van der Waals surface area contributed by atoms with Crippen LogP contribution in [0.3, 0.4) is 0 Å². The fourth-order valence-corrected chi connectivity index (χ4v) is 0.748. The van der Waals surface area contributed by atoms with Crippen LogP contribution in [-0.2, 0) is 0 Å². The van der Waals surface area contributed by atoms with Gasteiger partial charge in [-0.3, -0.25) is 0 Å². The summed E-state index contributed by atoms with van der Waals surface area (Å²) in [5, 5.41) is 17.0. The Morgan fingerprint density at radius 2 is 1.70 bits per heavy atom. The van der Waals surface area contributed by atoms with E-state index in [4.69, 9.17) is 10.2 Å². The predicted octanol–water partition coefficient (Wildman–Crippen LogP) is -0.216. The summed E-state index contributed by atoms with van der Waals surface area (Å²) in [5.74, 6) is 0. The molecule has 0 heterocycles. The summed E-state index contributed by atoms with van der Waals surface area (Å²) in [4.78, 5) is 0. The first-order valence-electron chi connectivity index (χ1n) is 3.58. The second-order valence-electron chi connectivity index (χ2n) is 3.64. The molecular formula is C7H18NO2+. The van der Waals surface area contributed by atoms with E-state index < -0.39 is 6.29 Å². The Morgan fingerprint density at radius 3 is 2.00 bits per heavy atom. The van der Waals surface area contributed by atoms with Crippen molar-refractivity contribution in [3.63, 3.8) is 0 Å². The topological polar surface area (TPSA) is 40.5 Å². The molecule has 0 aromatic heterocycles. The van der Waals surface area contributed by atoms with Gasteiger partial charge < -0.3 is 14.7 Å². The second-order valence-corrected chi connectivity index (χ2v) is 3.64. The zero-order chi connectivity index (χ0) is 8.20. The summed E-state index contributed by atoms with van der Waals surface area (Å²) in [7, 11) is 6.26. The number of hydrogen-bond donors (Lipinski definition) is 2. The first-order chi connectivity index (χ1) is 4.42. The lowest BCUT2D eigenvalue weighted by Crippen LogP contribution is -2.35. The van der Waals surface area contributed by atoms with Crippen molar-refractivity contribution in [1.29, 1.82) is 0 Å². The normalized spacial score (nSPS) is 12.6. The van der Waals surface area contributed by atoms with Crippen LogP contribution < -0.4 is 0 Å². The fourth-order valence-electron chi connectivity index (χ4n) is 0.748. The fraction of sp³-hybridized carbons (Fsp3) is 1.00. The Kier molecular flexibility index (Phi) is 3.86. The molecule has 0 radical (unpaired) electrons. The van der Waals surface area contributed by atoms with E-state index in [1.54, 1.807) is 0 Å². The molecule has 0 aromatic rings. The van der Waals surface area contributed by atoms with Crippen molar-refractivity contribution in [3.8, 4) is 0 Å². The van der Waals surface area contributed by atoms with E-state index in [1.165, 1.54) is 0 Å². The van der Waals surface area contributed by atoms with Gasteiger partial charge in [0.2, 0.25) is 0 Å². The average Bonchev–Trinajstić information content (AvgIpc) is 1.59. The van der Waals surface area contributed by atoms with E-state index >= 15 is 0 Å². The minimum Gasteiger partial charge on any atom is -0.368 e. The third-order valence-electron chi connectivity index (χ3n) is 1.29. The Morgan fingerprint density at radius 1 is 1.20 bits per heavy atom. The number of aliphatic hydroxyl groups excluding tert-OH is 1. The Labute approximate surface area is 62.5 Å². The molecule has 0 saturated heterocycles. The highest BCUT2D eigenvalue weighted by Gasteiger charge is 2.06. The molecule has 0 aliphatic rings. The van der Waals surface area contributed by atoms with Gasteiger partial charge in [-0.1, -0.05) is 0 Å². The molecule has 0 amide bonds. The number of nitrogens with zero attached hydrogens (tertiary/aromatic N) is 1. The average molecular weight is 148 g/mol. The molecule has 0 rings (SSSR count). The van der Waals surface area contributed by atoms with Crippen LogP contribution in [0.5, 0.6) is 0 Å². The molecule has 0 aliphatic heterocycles. The predicted molar refractivity (Wildman–Crippen MR) is 40.4 cm³/mol. The molecule has 0 atom stereocenters. The Bertz CT molecular complexity index is 86.1. The number of aliphatic hydroxyl groups is 2. The lowest BCUT2D eigenvalue weighted by molar-refractivity contribution is -0.870. The molecule has 0 aliphatic carbocycles. The van der Waals surface area contributed by atoms with Crippen molar-refractivity contribution in [2.45, 2.75) is 19.1 Å². The van der Waals surface area contributed by atoms with Gasteiger partial charge in [0.05, 0.1) is 27.7 Å². The molecule has 0 unspecified atom stereocenters. The van der Waals surface area contributed by atoms with Gasteiger partial charge >= 0.3 is 0 Å². The SMILES string of the molecule is C[N+](C)(C)CCCC(O)O. The summed E-state index contributed by atoms with van der Waals surface area (Å²) in [6, 6.07) is 0. The molecule has 2 N–H and O–H groups in total. The first-order valence-corrected chi connectivity index (χ1v) is 3.58. The van der Waals surface area contributed by atoms with Gasteiger partial charge in [-0.2, -0.15) is 0 Å². The molecule has 3 nitrogen and oxygen atoms in total. The molecule has 0 fully saturated rings. The largest absolute Gasteiger partial charge is 0.368 e. The second kappa shape index (κ2) is 3.91. The van der Waals surface area contributed by atoms with Crippen molar-refractivity contribution in [2.24, 2.45) is 0 Å². The molecule has 0 saturated carbocycles. The van der Waals surface area contributed by atoms with E-state index in [9.17, 15) is 0 Å². The van der Waals surface area contributed by atoms with Crippen molar-refractivity contribution < 1.29 is 14.7 Å². The summed E-state index contributed by atoms with van der Waals surface area (Å²) in [6.45, 7) is 0.984. The molecule has 3 heteroatoms. The molecule has 10 heavy (non-hydrogen) atoms. The van der Waals surface area contributed by atoms with Crippen LogP contribution in [0.2, 0.25) is 0 Å². The number of rotatable bonds is 4. The van der Waals surface area contributed by atoms with Crippen LogP contribution in [0.25, 0.3) is 0 Å². The first kappa shape index (κ1) is 9.88. The van der Waals surface area contributed by atoms with Crippen molar-refractivity contribution in [3.05, 3.63) is 0 Å². The Balaban J connectivity index is 3.21. The maximum Gasteiger partial charge on any atom is 0.151 e. The van der Waals surface area contributed by atoms with E-state index in [2.05, 4.69) is 21.1 Å². The molecule has 0 spiro atoms. The minimum atomic E-state index is -1.13. The number of hydrogen-bond acceptors (Lipinski definition) is 2. The van der Waals surface area contributed by atoms with Crippen molar-refractivity contribution in [2.75, 3.05) is 27.7 Å². The summed E-state index contributed by atoms with van der Waals surface area (Å²) < 4.78 is 0.882. The zero-order valence-corrected chi connectivity index (χ0v) is 7.04. The van der Waals surface area contributed by atoms with Gasteiger partial charge in [0.25, 0.3) is 0 Å². The van der Waals surface area contributed by atoms with Crippen molar-refractivity contribution >= 4 is 0 Å². The maximum atomic E-state index is 8.50. The van der Waals surface area contributed by atoms with Crippen molar-refractivity contribution in [1.82, 2.24) is 0 Å². The van der Waals surface area contributed by atoms with Crippen LogP contribution in [0.4, 0.5) is 0 Å². The zero-order valence-electron chi connectivity index (χ0n) is 7.04. The monoisotopic (exact) mass is 148 g/mol. The summed E-state index contributed by atoms with van der Waals surface area (Å²) in [6.07, 6.45) is 0.211. The highest BCUT2D eigenvalue weighted by atomic mass is 16.5. The lowest BCUT2D eigenvalue weighted by atomic mass is 10.3. The standard InChI is InChI=1S/C7H18NO2/c1-8(2,3)6-4-5-7(9)10/h7,9-10H,4-6H2,1-3H3/q+1. The highest BCUT2D eigenvalue weighted by molar-refractivity contribution is 4.39. The Hall–Kier alpha value is -0.120. The van der Waals surface area contributed by atoms with E-state index in [0.717, 1.165) is 17.4 Å². The summed E-state index contributed by atoms with van der Waals surface area (Å²) in [5.41, 5.74) is 0. The van der Waals surface area contributed by atoms with Gasteiger partial charge in [0, 0.05) is 12.8 Å². The maximum absolute atomic E-state index is 8.50. The van der Waals surface area contributed by atoms with E-state index in [0.29, 0.717) is 6.42 Å². The quantitative estimate of drug-likeness (QED) is 0.427. The summed E-state index contributed by atoms with van der Waals surface area (Å²) >= 11 is 0. The smallest absolute Gasteiger partial charge is 0.151 e. The van der Waals surface area contributed by atoms with Crippen LogP contribution in [-0.4, -0.2) is 48.7 Å². The van der Waals surface area contributed by atoms with Gasteiger partial charge in [-0.15, -0.1) is 0 Å². The van der Waals surface area contributed by atoms with Gasteiger partial charge in [-0.05, 0) is 0 Å². The van der Waals surface area contributed by atoms with Gasteiger partial charge in [0.15, 0.2) is 6.29 Å². The van der Waals surface area contributed by atoms with Crippen LogP contribution in [0, 0.1) is 0 Å². The highest BCUT2D eigenvalue weighted by Crippen LogP contribution is 1.98. The van der Waals surface area contributed by atoms with Gasteiger partial charge in [-0.25, -0.2) is 0 Å². The van der Waals surface area contributed by atoms with E-state index in [-0.39, 0.29) is 0 Å². The number of quaternary nitrogens is 1. The molecule has 62 valence electrons. The third-order valence-corrected chi connectivity index (χ3v) is 1.29. The van der Waals surface area contributed by atoms with E-state index in [1.807, 2.05) is 0 Å². The van der Waals surface area contributed by atoms with Gasteiger partial charge in [0.1, 0.15) is 0 Å². The van der Waals surface area contributed by atoms with Crippen LogP contribution in [0.1, 0.15) is 12.8 Å². The lowest BCUT2D eigenvalue weighted by Gasteiger charge is -2.23. The molecular weight excluding hydrogens is 130 g/mol. The van der Waals surface area contributed by atoms with Crippen LogP contribution in [0.15, 0.2) is 0 Å². The third kappa shape index (κ3) is 7.88. The molecule has 0 aromatic carbocycles. The van der Waals surface area contributed by atoms with Crippen LogP contribution >= 0.6 is 0 Å². The molecule has 0 bridgehead atoms. The minimum absolute atomic E-state index is 0.482.